The molecule has 2 aromatic carbocycles. The van der Waals surface area contributed by atoms with Crippen LogP contribution in [0, 0.1) is 6.92 Å². The van der Waals surface area contributed by atoms with Gasteiger partial charge >= 0.3 is 0 Å². The quantitative estimate of drug-likeness (QED) is 0.455. The highest BCUT2D eigenvalue weighted by Gasteiger charge is 2.15. The third kappa shape index (κ3) is 7.27. The number of hydrogen-bond acceptors (Lipinski definition) is 5. The maximum absolute atomic E-state index is 12.5. The zero-order valence-electron chi connectivity index (χ0n) is 18.1. The number of anilines is 2. The van der Waals surface area contributed by atoms with E-state index in [9.17, 15) is 13.2 Å². The third-order valence-electron chi connectivity index (χ3n) is 5.29. The number of rotatable bonds is 7. The minimum atomic E-state index is -3.71. The molecular weight excluding hydrogens is 446 g/mol. The normalized spacial score (nSPS) is 14.6. The van der Waals surface area contributed by atoms with Gasteiger partial charge in [-0.3, -0.25) is 9.69 Å². The van der Waals surface area contributed by atoms with E-state index in [0.29, 0.717) is 18.2 Å². The van der Waals surface area contributed by atoms with Crippen molar-refractivity contribution in [3.8, 4) is 0 Å². The van der Waals surface area contributed by atoms with E-state index in [4.69, 9.17) is 17.4 Å². The monoisotopic (exact) mass is 475 g/mol. The number of carbonyl (C=O) groups excluding carboxylic acids is 1. The van der Waals surface area contributed by atoms with Crippen molar-refractivity contribution in [2.24, 2.45) is 5.14 Å². The highest BCUT2D eigenvalue weighted by molar-refractivity contribution is 7.89. The van der Waals surface area contributed by atoms with Crippen LogP contribution < -0.4 is 21.1 Å². The van der Waals surface area contributed by atoms with Gasteiger partial charge in [0.15, 0.2) is 5.11 Å². The summed E-state index contributed by atoms with van der Waals surface area (Å²) < 4.78 is 22.7. The van der Waals surface area contributed by atoms with Gasteiger partial charge in [-0.25, -0.2) is 13.6 Å². The molecule has 1 aliphatic rings. The molecule has 0 unspecified atom stereocenters. The SMILES string of the molecule is Cc1ccc(NC(=S)NCc2ccc(S(N)(=O)=O)cc2)cc1NC(=O)CN1CCCCC1. The highest BCUT2D eigenvalue weighted by Crippen LogP contribution is 2.21. The van der Waals surface area contributed by atoms with Crippen molar-refractivity contribution in [3.05, 3.63) is 53.6 Å². The summed E-state index contributed by atoms with van der Waals surface area (Å²) in [6.45, 7) is 4.71. The van der Waals surface area contributed by atoms with Crippen LogP contribution >= 0.6 is 12.2 Å². The van der Waals surface area contributed by atoms with Crippen molar-refractivity contribution >= 4 is 44.6 Å². The van der Waals surface area contributed by atoms with E-state index in [1.165, 1.54) is 18.6 Å². The summed E-state index contributed by atoms with van der Waals surface area (Å²) in [4.78, 5) is 14.7. The number of aryl methyl sites for hydroxylation is 1. The third-order valence-corrected chi connectivity index (χ3v) is 6.47. The van der Waals surface area contributed by atoms with E-state index in [-0.39, 0.29) is 10.8 Å². The minimum absolute atomic E-state index is 0.0178. The van der Waals surface area contributed by atoms with E-state index in [2.05, 4.69) is 20.9 Å². The number of sulfonamides is 1. The lowest BCUT2D eigenvalue weighted by atomic mass is 10.1. The minimum Gasteiger partial charge on any atom is -0.358 e. The summed E-state index contributed by atoms with van der Waals surface area (Å²) >= 11 is 5.36. The zero-order valence-corrected chi connectivity index (χ0v) is 19.7. The van der Waals surface area contributed by atoms with Gasteiger partial charge in [0.1, 0.15) is 0 Å². The molecular formula is C22H29N5O3S2. The number of piperidine rings is 1. The molecule has 1 fully saturated rings. The Morgan fingerprint density at radius 3 is 2.41 bits per heavy atom. The number of benzene rings is 2. The number of nitrogens with two attached hydrogens (primary N) is 1. The number of carbonyl (C=O) groups is 1. The Bertz CT molecular complexity index is 1070. The standard InChI is InChI=1S/C22H29N5O3S2/c1-16-5-8-18(13-20(16)26-21(28)15-27-11-3-2-4-12-27)25-22(31)24-14-17-6-9-19(10-7-17)32(23,29)30/h5-10,13H,2-4,11-12,14-15H2,1H3,(H,26,28)(H2,23,29,30)(H2,24,25,31). The number of likely N-dealkylation sites (tertiary alicyclic amines) is 1. The Labute approximate surface area is 194 Å². The molecule has 1 aliphatic heterocycles. The fourth-order valence-electron chi connectivity index (χ4n) is 3.50. The first-order chi connectivity index (χ1) is 15.2. The predicted octanol–water partition coefficient (Wildman–Crippen LogP) is 2.55. The number of nitrogens with zero attached hydrogens (tertiary/aromatic N) is 1. The van der Waals surface area contributed by atoms with Gasteiger partial charge in [-0.15, -0.1) is 0 Å². The van der Waals surface area contributed by atoms with E-state index in [1.54, 1.807) is 12.1 Å². The molecule has 2 aromatic rings. The van der Waals surface area contributed by atoms with Crippen molar-refractivity contribution < 1.29 is 13.2 Å². The molecule has 1 heterocycles. The van der Waals surface area contributed by atoms with E-state index in [1.807, 2.05) is 25.1 Å². The number of thiocarbonyl (C=S) groups is 1. The predicted molar refractivity (Wildman–Crippen MR) is 131 cm³/mol. The first-order valence-corrected chi connectivity index (χ1v) is 12.5. The van der Waals surface area contributed by atoms with Crippen LogP contribution in [-0.4, -0.2) is 44.0 Å². The fourth-order valence-corrected chi connectivity index (χ4v) is 4.20. The van der Waals surface area contributed by atoms with Gasteiger partial charge in [0.05, 0.1) is 11.4 Å². The summed E-state index contributed by atoms with van der Waals surface area (Å²) in [6, 6.07) is 12.0. The maximum Gasteiger partial charge on any atom is 0.238 e. The lowest BCUT2D eigenvalue weighted by Gasteiger charge is -2.25. The van der Waals surface area contributed by atoms with Crippen LogP contribution in [0.1, 0.15) is 30.4 Å². The molecule has 1 saturated heterocycles. The van der Waals surface area contributed by atoms with Gasteiger partial charge in [0.2, 0.25) is 15.9 Å². The van der Waals surface area contributed by atoms with Gasteiger partial charge in [0, 0.05) is 17.9 Å². The molecule has 0 atom stereocenters. The summed E-state index contributed by atoms with van der Waals surface area (Å²) in [6.07, 6.45) is 3.53. The van der Waals surface area contributed by atoms with Crippen molar-refractivity contribution in [2.45, 2.75) is 37.6 Å². The summed E-state index contributed by atoms with van der Waals surface area (Å²) in [5.74, 6) is -0.0178. The molecule has 0 spiro atoms. The molecule has 1 amide bonds. The van der Waals surface area contributed by atoms with Crippen LogP contribution in [0.4, 0.5) is 11.4 Å². The Kier molecular flexibility index (Phi) is 8.19. The number of hydrogen-bond donors (Lipinski definition) is 4. The molecule has 0 saturated carbocycles. The number of amides is 1. The zero-order chi connectivity index (χ0) is 23.1. The van der Waals surface area contributed by atoms with Gasteiger partial charge in [-0.1, -0.05) is 24.6 Å². The lowest BCUT2D eigenvalue weighted by molar-refractivity contribution is -0.117. The molecule has 10 heteroatoms. The van der Waals surface area contributed by atoms with Crippen LogP contribution in [-0.2, 0) is 21.4 Å². The smallest absolute Gasteiger partial charge is 0.238 e. The number of primary sulfonamides is 1. The molecule has 3 rings (SSSR count). The van der Waals surface area contributed by atoms with Crippen LogP contribution in [0.2, 0.25) is 0 Å². The second kappa shape index (κ2) is 10.9. The van der Waals surface area contributed by atoms with Crippen LogP contribution in [0.25, 0.3) is 0 Å². The second-order valence-corrected chi connectivity index (χ2v) is 9.88. The molecule has 0 bridgehead atoms. The van der Waals surface area contributed by atoms with E-state index < -0.39 is 10.0 Å². The van der Waals surface area contributed by atoms with Crippen molar-refractivity contribution in [3.63, 3.8) is 0 Å². The van der Waals surface area contributed by atoms with Crippen molar-refractivity contribution in [1.29, 1.82) is 0 Å². The van der Waals surface area contributed by atoms with Gasteiger partial charge < -0.3 is 16.0 Å². The van der Waals surface area contributed by atoms with Gasteiger partial charge in [-0.05, 0) is 80.5 Å². The van der Waals surface area contributed by atoms with Crippen LogP contribution in [0.15, 0.2) is 47.4 Å². The number of nitrogens with one attached hydrogen (secondary N) is 3. The molecule has 0 radical (unpaired) electrons. The average molecular weight is 476 g/mol. The molecule has 172 valence electrons. The van der Waals surface area contributed by atoms with Crippen LogP contribution in [0.5, 0.6) is 0 Å². The van der Waals surface area contributed by atoms with E-state index in [0.717, 1.165) is 48.4 Å². The largest absolute Gasteiger partial charge is 0.358 e. The first kappa shape index (κ1) is 24.1. The lowest BCUT2D eigenvalue weighted by Crippen LogP contribution is -2.36. The molecule has 0 aliphatic carbocycles. The Balaban J connectivity index is 1.53. The second-order valence-electron chi connectivity index (χ2n) is 7.91. The fraction of sp³-hybridized carbons (Fsp3) is 0.364. The maximum atomic E-state index is 12.5. The summed E-state index contributed by atoms with van der Waals surface area (Å²) in [5, 5.41) is 14.7. The van der Waals surface area contributed by atoms with Crippen LogP contribution in [0.3, 0.4) is 0 Å². The van der Waals surface area contributed by atoms with E-state index >= 15 is 0 Å². The Morgan fingerprint density at radius 2 is 1.75 bits per heavy atom. The van der Waals surface area contributed by atoms with Crippen molar-refractivity contribution in [1.82, 2.24) is 10.2 Å². The first-order valence-electron chi connectivity index (χ1n) is 10.5. The summed E-state index contributed by atoms with van der Waals surface area (Å²) in [7, 11) is -3.71. The molecule has 5 N–H and O–H groups in total. The van der Waals surface area contributed by atoms with Gasteiger partial charge in [0.25, 0.3) is 0 Å². The Hall–Kier alpha value is -2.53. The average Bonchev–Trinajstić information content (AvgIpc) is 2.75. The van der Waals surface area contributed by atoms with Crippen molar-refractivity contribution in [2.75, 3.05) is 30.3 Å². The van der Waals surface area contributed by atoms with Gasteiger partial charge in [-0.2, -0.15) is 0 Å². The highest BCUT2D eigenvalue weighted by atomic mass is 32.2. The Morgan fingerprint density at radius 1 is 1.06 bits per heavy atom. The summed E-state index contributed by atoms with van der Waals surface area (Å²) in [5.41, 5.74) is 3.33. The topological polar surface area (TPSA) is 117 Å². The molecule has 0 aromatic heterocycles. The molecule has 32 heavy (non-hydrogen) atoms. The molecule has 8 nitrogen and oxygen atoms in total.